The molecular formula is C14H21NO2. The summed E-state index contributed by atoms with van der Waals surface area (Å²) in [4.78, 5) is 11.6. The molecule has 0 radical (unpaired) electrons. The zero-order valence-electron chi connectivity index (χ0n) is 11.0. The van der Waals surface area contributed by atoms with Crippen LogP contribution in [0.1, 0.15) is 37.6 Å². The molecule has 17 heavy (non-hydrogen) atoms. The minimum atomic E-state index is -0.299. The van der Waals surface area contributed by atoms with E-state index < -0.39 is 0 Å². The van der Waals surface area contributed by atoms with Crippen LogP contribution in [0, 0.1) is 5.92 Å². The van der Waals surface area contributed by atoms with Crippen molar-refractivity contribution in [2.75, 3.05) is 12.4 Å². The van der Waals surface area contributed by atoms with E-state index in [9.17, 15) is 4.79 Å². The highest BCUT2D eigenvalue weighted by Gasteiger charge is 2.15. The van der Waals surface area contributed by atoms with Crippen LogP contribution in [0.4, 0.5) is 5.69 Å². The van der Waals surface area contributed by atoms with Crippen molar-refractivity contribution in [1.29, 1.82) is 0 Å². The Balaban J connectivity index is 2.93. The number of hydrogen-bond donors (Lipinski definition) is 1. The van der Waals surface area contributed by atoms with E-state index in [0.29, 0.717) is 17.5 Å². The lowest BCUT2D eigenvalue weighted by Gasteiger charge is -2.23. The third kappa shape index (κ3) is 3.48. The largest absolute Gasteiger partial charge is 0.465 e. The first-order chi connectivity index (χ1) is 8.10. The summed E-state index contributed by atoms with van der Waals surface area (Å²) in [7, 11) is 1.40. The number of rotatable bonds is 5. The molecule has 94 valence electrons. The molecule has 0 saturated heterocycles. The fraction of sp³-hybridized carbons (Fsp3) is 0.500. The van der Waals surface area contributed by atoms with E-state index in [1.54, 1.807) is 6.07 Å². The van der Waals surface area contributed by atoms with Gasteiger partial charge in [-0.3, -0.25) is 0 Å². The number of ether oxygens (including phenoxy) is 1. The van der Waals surface area contributed by atoms with E-state index in [4.69, 9.17) is 4.74 Å². The van der Waals surface area contributed by atoms with Gasteiger partial charge in [0.15, 0.2) is 0 Å². The summed E-state index contributed by atoms with van der Waals surface area (Å²) < 4.78 is 4.77. The Labute approximate surface area is 103 Å². The van der Waals surface area contributed by atoms with Crippen molar-refractivity contribution >= 4 is 11.7 Å². The Bertz CT molecular complexity index is 374. The highest BCUT2D eigenvalue weighted by atomic mass is 16.5. The molecule has 3 nitrogen and oxygen atoms in total. The standard InChI is InChI=1S/C14H21NO2/c1-5-12(10(2)3)15-13-9-7-6-8-11(13)14(16)17-4/h6-10,12,15H,5H2,1-4H3. The van der Waals surface area contributed by atoms with E-state index in [1.165, 1.54) is 7.11 Å². The van der Waals surface area contributed by atoms with Crippen molar-refractivity contribution in [3.05, 3.63) is 29.8 Å². The minimum absolute atomic E-state index is 0.299. The van der Waals surface area contributed by atoms with Crippen LogP contribution < -0.4 is 5.32 Å². The zero-order valence-corrected chi connectivity index (χ0v) is 11.0. The van der Waals surface area contributed by atoms with Gasteiger partial charge in [0.1, 0.15) is 0 Å². The number of methoxy groups -OCH3 is 1. The maximum absolute atomic E-state index is 11.6. The second-order valence-corrected chi connectivity index (χ2v) is 4.44. The van der Waals surface area contributed by atoms with Gasteiger partial charge in [-0.1, -0.05) is 32.9 Å². The van der Waals surface area contributed by atoms with Crippen molar-refractivity contribution in [2.24, 2.45) is 5.92 Å². The topological polar surface area (TPSA) is 38.3 Å². The molecule has 1 N–H and O–H groups in total. The molecule has 0 amide bonds. The summed E-state index contributed by atoms with van der Waals surface area (Å²) in [6, 6.07) is 7.81. The molecule has 0 aliphatic carbocycles. The number of hydrogen-bond acceptors (Lipinski definition) is 3. The van der Waals surface area contributed by atoms with E-state index >= 15 is 0 Å². The molecule has 0 fully saturated rings. The zero-order chi connectivity index (χ0) is 12.8. The maximum Gasteiger partial charge on any atom is 0.339 e. The third-order valence-electron chi connectivity index (χ3n) is 2.92. The van der Waals surface area contributed by atoms with Crippen LogP contribution in [0.2, 0.25) is 0 Å². The Hall–Kier alpha value is -1.51. The molecule has 1 aromatic rings. The highest BCUT2D eigenvalue weighted by molar-refractivity contribution is 5.95. The molecule has 0 aromatic heterocycles. The van der Waals surface area contributed by atoms with Gasteiger partial charge in [-0.2, -0.15) is 0 Å². The van der Waals surface area contributed by atoms with Crippen LogP contribution in [0.3, 0.4) is 0 Å². The van der Waals surface area contributed by atoms with Gasteiger partial charge < -0.3 is 10.1 Å². The van der Waals surface area contributed by atoms with Crippen molar-refractivity contribution in [3.63, 3.8) is 0 Å². The van der Waals surface area contributed by atoms with Crippen LogP contribution in [0.15, 0.2) is 24.3 Å². The van der Waals surface area contributed by atoms with Crippen LogP contribution in [0.5, 0.6) is 0 Å². The number of carbonyl (C=O) groups excluding carboxylic acids is 1. The number of nitrogens with one attached hydrogen (secondary N) is 1. The first-order valence-electron chi connectivity index (χ1n) is 6.04. The molecule has 3 heteroatoms. The average molecular weight is 235 g/mol. The average Bonchev–Trinajstić information content (AvgIpc) is 2.35. The summed E-state index contributed by atoms with van der Waals surface area (Å²) in [5.74, 6) is 0.220. The van der Waals surface area contributed by atoms with Gasteiger partial charge in [-0.05, 0) is 24.5 Å². The predicted molar refractivity (Wildman–Crippen MR) is 70.3 cm³/mol. The monoisotopic (exact) mass is 235 g/mol. The normalized spacial score (nSPS) is 12.3. The molecule has 1 unspecified atom stereocenters. The lowest BCUT2D eigenvalue weighted by Crippen LogP contribution is -2.25. The Morgan fingerprint density at radius 2 is 2.00 bits per heavy atom. The fourth-order valence-electron chi connectivity index (χ4n) is 1.84. The molecule has 0 aliphatic heterocycles. The van der Waals surface area contributed by atoms with Gasteiger partial charge in [0, 0.05) is 11.7 Å². The van der Waals surface area contributed by atoms with Crippen molar-refractivity contribution in [2.45, 2.75) is 33.2 Å². The predicted octanol–water partition coefficient (Wildman–Crippen LogP) is 3.32. The minimum Gasteiger partial charge on any atom is -0.465 e. The number of para-hydroxylation sites is 1. The van der Waals surface area contributed by atoms with E-state index in [2.05, 4.69) is 26.1 Å². The van der Waals surface area contributed by atoms with E-state index in [0.717, 1.165) is 12.1 Å². The number of benzene rings is 1. The Kier molecular flexibility index (Phi) is 5.01. The van der Waals surface area contributed by atoms with E-state index in [-0.39, 0.29) is 5.97 Å². The van der Waals surface area contributed by atoms with Crippen molar-refractivity contribution in [1.82, 2.24) is 0 Å². The van der Waals surface area contributed by atoms with Gasteiger partial charge >= 0.3 is 5.97 Å². The second kappa shape index (κ2) is 6.28. The fourth-order valence-corrected chi connectivity index (χ4v) is 1.84. The summed E-state index contributed by atoms with van der Waals surface area (Å²) in [6.45, 7) is 6.47. The number of anilines is 1. The molecule has 0 saturated carbocycles. The quantitative estimate of drug-likeness (QED) is 0.796. The molecule has 1 rings (SSSR count). The first-order valence-corrected chi connectivity index (χ1v) is 6.04. The third-order valence-corrected chi connectivity index (χ3v) is 2.92. The van der Waals surface area contributed by atoms with Crippen LogP contribution in [-0.2, 0) is 4.74 Å². The molecule has 1 atom stereocenters. The van der Waals surface area contributed by atoms with Crippen molar-refractivity contribution < 1.29 is 9.53 Å². The maximum atomic E-state index is 11.6. The van der Waals surface area contributed by atoms with E-state index in [1.807, 2.05) is 18.2 Å². The van der Waals surface area contributed by atoms with Crippen LogP contribution in [0.25, 0.3) is 0 Å². The molecular weight excluding hydrogens is 214 g/mol. The molecule has 0 heterocycles. The number of esters is 1. The highest BCUT2D eigenvalue weighted by Crippen LogP contribution is 2.20. The Morgan fingerprint density at radius 1 is 1.35 bits per heavy atom. The van der Waals surface area contributed by atoms with Crippen molar-refractivity contribution in [3.8, 4) is 0 Å². The van der Waals surface area contributed by atoms with Gasteiger partial charge in [-0.15, -0.1) is 0 Å². The summed E-state index contributed by atoms with van der Waals surface area (Å²) in [5, 5.41) is 3.41. The summed E-state index contributed by atoms with van der Waals surface area (Å²) >= 11 is 0. The summed E-state index contributed by atoms with van der Waals surface area (Å²) in [5.41, 5.74) is 1.44. The smallest absolute Gasteiger partial charge is 0.339 e. The SMILES string of the molecule is CCC(Nc1ccccc1C(=O)OC)C(C)C. The lowest BCUT2D eigenvalue weighted by atomic mass is 10.0. The molecule has 0 aliphatic rings. The lowest BCUT2D eigenvalue weighted by molar-refractivity contribution is 0.0601. The van der Waals surface area contributed by atoms with Gasteiger partial charge in [-0.25, -0.2) is 4.79 Å². The second-order valence-electron chi connectivity index (χ2n) is 4.44. The molecule has 0 spiro atoms. The molecule has 0 bridgehead atoms. The van der Waals surface area contributed by atoms with Crippen LogP contribution in [-0.4, -0.2) is 19.1 Å². The number of carbonyl (C=O) groups is 1. The summed E-state index contributed by atoms with van der Waals surface area (Å²) in [6.07, 6.45) is 1.02. The van der Waals surface area contributed by atoms with Gasteiger partial charge in [0.2, 0.25) is 0 Å². The molecule has 1 aromatic carbocycles. The first kappa shape index (κ1) is 13.6. The van der Waals surface area contributed by atoms with Crippen LogP contribution >= 0.6 is 0 Å². The van der Waals surface area contributed by atoms with Gasteiger partial charge in [0.25, 0.3) is 0 Å². The van der Waals surface area contributed by atoms with Gasteiger partial charge in [0.05, 0.1) is 12.7 Å². The Morgan fingerprint density at radius 3 is 2.53 bits per heavy atom.